The van der Waals surface area contributed by atoms with E-state index >= 15 is 0 Å². The Bertz CT molecular complexity index is 936. The third-order valence-corrected chi connectivity index (χ3v) is 5.20. The molecule has 0 radical (unpaired) electrons. The Balaban J connectivity index is 1.48. The molecule has 3 rings (SSSR count). The Morgan fingerprint density at radius 1 is 1.13 bits per heavy atom. The van der Waals surface area contributed by atoms with Gasteiger partial charge in [-0.3, -0.25) is 4.99 Å². The maximum Gasteiger partial charge on any atom is 0.191 e. The van der Waals surface area contributed by atoms with E-state index in [1.54, 1.807) is 7.05 Å². The van der Waals surface area contributed by atoms with Crippen LogP contribution in [0, 0.1) is 6.92 Å². The smallest absolute Gasteiger partial charge is 0.191 e. The fourth-order valence-electron chi connectivity index (χ4n) is 3.47. The first-order chi connectivity index (χ1) is 14.7. The van der Waals surface area contributed by atoms with Gasteiger partial charge >= 0.3 is 0 Å². The van der Waals surface area contributed by atoms with Crippen molar-refractivity contribution in [2.24, 2.45) is 4.99 Å². The number of nitrogens with one attached hydrogen (secondary N) is 2. The maximum atomic E-state index is 5.44. The molecule has 0 spiro atoms. The van der Waals surface area contributed by atoms with E-state index in [1.807, 2.05) is 22.9 Å². The highest BCUT2D eigenvalue weighted by molar-refractivity contribution is 5.79. The summed E-state index contributed by atoms with van der Waals surface area (Å²) in [7, 11) is 1.79. The monoisotopic (exact) mass is 408 g/mol. The molecule has 0 aliphatic heterocycles. The predicted molar refractivity (Wildman–Crippen MR) is 120 cm³/mol. The van der Waals surface area contributed by atoms with E-state index < -0.39 is 0 Å². The van der Waals surface area contributed by atoms with Gasteiger partial charge in [-0.2, -0.15) is 5.10 Å². The Hall–Kier alpha value is -3.09. The fourth-order valence-corrected chi connectivity index (χ4v) is 3.47. The molecule has 0 aliphatic carbocycles. The molecule has 0 saturated carbocycles. The summed E-state index contributed by atoms with van der Waals surface area (Å²) in [5.74, 6) is 1.73. The molecule has 0 saturated heterocycles. The number of hydrogen-bond donors (Lipinski definition) is 2. The third-order valence-electron chi connectivity index (χ3n) is 5.20. The van der Waals surface area contributed by atoms with Gasteiger partial charge in [0, 0.05) is 38.3 Å². The van der Waals surface area contributed by atoms with Crippen molar-refractivity contribution in [3.05, 3.63) is 64.8 Å². The van der Waals surface area contributed by atoms with Crippen LogP contribution in [-0.4, -0.2) is 34.5 Å². The van der Waals surface area contributed by atoms with Crippen LogP contribution in [0.5, 0.6) is 0 Å². The summed E-state index contributed by atoms with van der Waals surface area (Å²) in [5, 5.41) is 15.6. The molecule has 0 amide bonds. The largest absolute Gasteiger partial charge is 0.361 e. The first-order valence-electron chi connectivity index (χ1n) is 10.7. The molecule has 30 heavy (non-hydrogen) atoms. The van der Waals surface area contributed by atoms with Gasteiger partial charge in [-0.15, -0.1) is 0 Å². The number of benzene rings is 1. The first-order valence-corrected chi connectivity index (χ1v) is 10.7. The molecular formula is C23H32N6O. The number of para-hydroxylation sites is 1. The van der Waals surface area contributed by atoms with Crippen LogP contribution in [0.4, 0.5) is 0 Å². The molecule has 2 heterocycles. The number of hydrogen-bond acceptors (Lipinski definition) is 4. The van der Waals surface area contributed by atoms with Crippen molar-refractivity contribution in [3.8, 4) is 5.69 Å². The number of guanidine groups is 1. The second-order valence-corrected chi connectivity index (χ2v) is 7.21. The molecule has 1 aromatic carbocycles. The van der Waals surface area contributed by atoms with E-state index in [2.05, 4.69) is 65.0 Å². The second kappa shape index (κ2) is 10.6. The summed E-state index contributed by atoms with van der Waals surface area (Å²) in [4.78, 5) is 4.33. The molecule has 0 aliphatic rings. The molecule has 7 nitrogen and oxygen atoms in total. The van der Waals surface area contributed by atoms with Crippen molar-refractivity contribution in [3.63, 3.8) is 0 Å². The summed E-state index contributed by atoms with van der Waals surface area (Å²) in [6.45, 7) is 7.74. The zero-order valence-corrected chi connectivity index (χ0v) is 18.4. The molecule has 2 aromatic heterocycles. The molecule has 160 valence electrons. The average Bonchev–Trinajstić information content (AvgIpc) is 3.36. The highest BCUT2D eigenvalue weighted by atomic mass is 16.5. The van der Waals surface area contributed by atoms with Gasteiger partial charge in [-0.05, 0) is 43.9 Å². The lowest BCUT2D eigenvalue weighted by Crippen LogP contribution is -2.37. The van der Waals surface area contributed by atoms with E-state index in [0.717, 1.165) is 66.6 Å². The number of aromatic nitrogens is 3. The highest BCUT2D eigenvalue weighted by Gasteiger charge is 2.13. The lowest BCUT2D eigenvalue weighted by atomic mass is 10.1. The Morgan fingerprint density at radius 2 is 1.93 bits per heavy atom. The van der Waals surface area contributed by atoms with Crippen LogP contribution in [-0.2, 0) is 25.8 Å². The van der Waals surface area contributed by atoms with E-state index in [4.69, 9.17) is 4.52 Å². The first kappa shape index (κ1) is 21.6. The van der Waals surface area contributed by atoms with Gasteiger partial charge in [0.25, 0.3) is 0 Å². The third kappa shape index (κ3) is 5.28. The predicted octanol–water partition coefficient (Wildman–Crippen LogP) is 3.59. The lowest BCUT2D eigenvalue weighted by molar-refractivity contribution is 0.380. The van der Waals surface area contributed by atoms with Gasteiger partial charge in [0.1, 0.15) is 5.76 Å². The Morgan fingerprint density at radius 3 is 2.63 bits per heavy atom. The number of nitrogens with zero attached hydrogens (tertiary/aromatic N) is 4. The van der Waals surface area contributed by atoms with Crippen LogP contribution in [0.15, 0.2) is 46.0 Å². The van der Waals surface area contributed by atoms with E-state index in [9.17, 15) is 0 Å². The number of aryl methyl sites for hydroxylation is 4. The lowest BCUT2D eigenvalue weighted by Gasteiger charge is -2.12. The summed E-state index contributed by atoms with van der Waals surface area (Å²) >= 11 is 0. The van der Waals surface area contributed by atoms with Gasteiger partial charge in [0.2, 0.25) is 0 Å². The minimum Gasteiger partial charge on any atom is -0.361 e. The van der Waals surface area contributed by atoms with Crippen molar-refractivity contribution >= 4 is 5.96 Å². The van der Waals surface area contributed by atoms with Crippen molar-refractivity contribution in [2.75, 3.05) is 13.6 Å². The summed E-state index contributed by atoms with van der Waals surface area (Å²) < 4.78 is 7.39. The minimum absolute atomic E-state index is 0.665. The van der Waals surface area contributed by atoms with Gasteiger partial charge in [-0.25, -0.2) is 4.68 Å². The molecule has 0 atom stereocenters. The quantitative estimate of drug-likeness (QED) is 0.321. The molecule has 0 bridgehead atoms. The molecule has 0 fully saturated rings. The molecule has 7 heteroatoms. The minimum atomic E-state index is 0.665. The highest BCUT2D eigenvalue weighted by Crippen LogP contribution is 2.15. The zero-order valence-electron chi connectivity index (χ0n) is 18.4. The van der Waals surface area contributed by atoms with Gasteiger partial charge in [-0.1, -0.05) is 37.2 Å². The van der Waals surface area contributed by atoms with Crippen LogP contribution >= 0.6 is 0 Å². The number of aliphatic imine (C=N–C) groups is 1. The Kier molecular flexibility index (Phi) is 7.65. The molecule has 3 aromatic rings. The molecule has 0 unspecified atom stereocenters. The molecular weight excluding hydrogens is 376 g/mol. The zero-order chi connectivity index (χ0) is 21.3. The van der Waals surface area contributed by atoms with Crippen LogP contribution in [0.3, 0.4) is 0 Å². The summed E-state index contributed by atoms with van der Waals surface area (Å²) in [5.41, 5.74) is 5.59. The van der Waals surface area contributed by atoms with Crippen molar-refractivity contribution in [2.45, 2.75) is 53.0 Å². The van der Waals surface area contributed by atoms with Crippen molar-refractivity contribution < 1.29 is 4.52 Å². The van der Waals surface area contributed by atoms with Crippen molar-refractivity contribution in [1.82, 2.24) is 25.6 Å². The SMILES string of the molecule is CCc1noc(CC)c1CNC(=NC)NCCCc1cn(-c2ccccc2)nc1C. The second-order valence-electron chi connectivity index (χ2n) is 7.21. The Labute approximate surface area is 178 Å². The fraction of sp³-hybridized carbons (Fsp3) is 0.435. The normalized spacial score (nSPS) is 11.7. The number of rotatable bonds is 9. The van der Waals surface area contributed by atoms with E-state index in [1.165, 1.54) is 5.56 Å². The van der Waals surface area contributed by atoms with E-state index in [-0.39, 0.29) is 0 Å². The maximum absolute atomic E-state index is 5.44. The average molecular weight is 409 g/mol. The molecule has 2 N–H and O–H groups in total. The van der Waals surface area contributed by atoms with Crippen LogP contribution in [0.2, 0.25) is 0 Å². The van der Waals surface area contributed by atoms with Gasteiger partial charge in [0.15, 0.2) is 5.96 Å². The van der Waals surface area contributed by atoms with Gasteiger partial charge < -0.3 is 15.2 Å². The van der Waals surface area contributed by atoms with Crippen LogP contribution in [0.1, 0.15) is 48.5 Å². The topological polar surface area (TPSA) is 80.3 Å². The summed E-state index contributed by atoms with van der Waals surface area (Å²) in [6, 6.07) is 10.2. The van der Waals surface area contributed by atoms with Gasteiger partial charge in [0.05, 0.1) is 17.1 Å². The van der Waals surface area contributed by atoms with Crippen LogP contribution < -0.4 is 10.6 Å². The van der Waals surface area contributed by atoms with Crippen LogP contribution in [0.25, 0.3) is 5.69 Å². The summed E-state index contributed by atoms with van der Waals surface area (Å²) in [6.07, 6.45) is 5.79. The van der Waals surface area contributed by atoms with E-state index in [0.29, 0.717) is 6.54 Å². The van der Waals surface area contributed by atoms with Crippen molar-refractivity contribution in [1.29, 1.82) is 0 Å². The standard InChI is InChI=1S/C23H32N6O/c1-5-21-20(22(6-2)30-28-21)15-26-23(24-4)25-14-10-11-18-16-29(27-17(18)3)19-12-8-7-9-13-19/h7-9,12-13,16H,5-6,10-11,14-15H2,1-4H3,(H2,24,25,26).